The lowest BCUT2D eigenvalue weighted by Gasteiger charge is -2.13. The number of carbonyl (C=O) groups is 1. The van der Waals surface area contributed by atoms with E-state index < -0.39 is 5.97 Å². The van der Waals surface area contributed by atoms with Gasteiger partial charge in [-0.1, -0.05) is 6.92 Å². The average molecular weight is 271 g/mol. The molecule has 1 heterocycles. The van der Waals surface area contributed by atoms with Crippen molar-refractivity contribution in [3.63, 3.8) is 0 Å². The fourth-order valence-corrected chi connectivity index (χ4v) is 2.10. The van der Waals surface area contributed by atoms with E-state index in [4.69, 9.17) is 5.11 Å². The minimum atomic E-state index is -0.931. The molecule has 5 nitrogen and oxygen atoms in total. The van der Waals surface area contributed by atoms with Gasteiger partial charge in [0.15, 0.2) is 0 Å². The smallest absolute Gasteiger partial charge is 0.335 e. The van der Waals surface area contributed by atoms with Gasteiger partial charge in [0, 0.05) is 16.9 Å². The number of nitrogens with zero attached hydrogens (tertiary/aromatic N) is 2. The zero-order valence-electron chi connectivity index (χ0n) is 11.8. The van der Waals surface area contributed by atoms with Crippen molar-refractivity contribution in [3.05, 3.63) is 46.9 Å². The first-order valence-corrected chi connectivity index (χ1v) is 6.45. The summed E-state index contributed by atoms with van der Waals surface area (Å²) in [6.45, 7) is 5.87. The Hall–Kier alpha value is -2.43. The van der Waals surface area contributed by atoms with Crippen LogP contribution in [0.15, 0.2) is 24.3 Å². The van der Waals surface area contributed by atoms with Crippen LogP contribution in [-0.4, -0.2) is 21.0 Å². The van der Waals surface area contributed by atoms with Gasteiger partial charge in [-0.05, 0) is 44.5 Å². The van der Waals surface area contributed by atoms with Crippen LogP contribution in [0.5, 0.6) is 0 Å². The molecule has 0 atom stereocenters. The fraction of sp³-hybridized carbons (Fsp3) is 0.267. The van der Waals surface area contributed by atoms with Crippen LogP contribution >= 0.6 is 0 Å². The Morgan fingerprint density at radius 2 is 1.85 bits per heavy atom. The second-order valence-electron chi connectivity index (χ2n) is 4.54. The lowest BCUT2D eigenvalue weighted by molar-refractivity contribution is 0.0697. The molecule has 0 unspecified atom stereocenters. The number of carboxylic acids is 1. The Kier molecular flexibility index (Phi) is 3.98. The maximum Gasteiger partial charge on any atom is 0.335 e. The van der Waals surface area contributed by atoms with E-state index in [1.54, 1.807) is 24.3 Å². The van der Waals surface area contributed by atoms with E-state index in [-0.39, 0.29) is 5.56 Å². The molecule has 2 rings (SSSR count). The molecule has 0 saturated heterocycles. The molecule has 0 aliphatic rings. The predicted molar refractivity (Wildman–Crippen MR) is 77.6 cm³/mol. The number of carboxylic acid groups (broad SMARTS) is 1. The van der Waals surface area contributed by atoms with Crippen molar-refractivity contribution < 1.29 is 9.90 Å². The van der Waals surface area contributed by atoms with Crippen LogP contribution < -0.4 is 5.32 Å². The van der Waals surface area contributed by atoms with E-state index in [0.29, 0.717) is 5.82 Å². The predicted octanol–water partition coefficient (Wildman–Crippen LogP) is 3.10. The first-order chi connectivity index (χ1) is 9.51. The van der Waals surface area contributed by atoms with E-state index in [0.717, 1.165) is 29.2 Å². The number of hydrogen-bond donors (Lipinski definition) is 2. The molecule has 0 aliphatic carbocycles. The van der Waals surface area contributed by atoms with Gasteiger partial charge in [0.1, 0.15) is 11.6 Å². The third-order valence-corrected chi connectivity index (χ3v) is 3.07. The van der Waals surface area contributed by atoms with Gasteiger partial charge in [-0.2, -0.15) is 0 Å². The number of aromatic nitrogens is 2. The molecule has 0 aliphatic heterocycles. The average Bonchev–Trinajstić information content (AvgIpc) is 2.39. The summed E-state index contributed by atoms with van der Waals surface area (Å²) in [5.74, 6) is 0.560. The standard InChI is InChI=1S/C15H17N3O2/c1-4-13-9(2)16-10(3)17-14(13)18-12-7-5-11(6-8-12)15(19)20/h5-8H,4H2,1-3H3,(H,19,20)(H,16,17,18). The SMILES string of the molecule is CCc1c(C)nc(C)nc1Nc1ccc(C(=O)O)cc1. The van der Waals surface area contributed by atoms with Gasteiger partial charge in [0.05, 0.1) is 5.56 Å². The van der Waals surface area contributed by atoms with E-state index in [2.05, 4.69) is 22.2 Å². The van der Waals surface area contributed by atoms with Gasteiger partial charge in [0.2, 0.25) is 0 Å². The summed E-state index contributed by atoms with van der Waals surface area (Å²) >= 11 is 0. The monoisotopic (exact) mass is 271 g/mol. The molecule has 5 heteroatoms. The van der Waals surface area contributed by atoms with Crippen LogP contribution in [0.1, 0.15) is 34.4 Å². The van der Waals surface area contributed by atoms with Gasteiger partial charge < -0.3 is 10.4 Å². The van der Waals surface area contributed by atoms with Crippen molar-refractivity contribution in [2.24, 2.45) is 0 Å². The van der Waals surface area contributed by atoms with Gasteiger partial charge in [-0.3, -0.25) is 0 Å². The van der Waals surface area contributed by atoms with Gasteiger partial charge in [0.25, 0.3) is 0 Å². The summed E-state index contributed by atoms with van der Waals surface area (Å²) in [6.07, 6.45) is 0.835. The van der Waals surface area contributed by atoms with Crippen molar-refractivity contribution in [1.29, 1.82) is 0 Å². The lowest BCUT2D eigenvalue weighted by atomic mass is 10.1. The summed E-state index contributed by atoms with van der Waals surface area (Å²) in [5, 5.41) is 12.1. The Morgan fingerprint density at radius 1 is 1.20 bits per heavy atom. The number of aromatic carboxylic acids is 1. The number of anilines is 2. The second-order valence-corrected chi connectivity index (χ2v) is 4.54. The summed E-state index contributed by atoms with van der Waals surface area (Å²) in [5.41, 5.74) is 3.10. The highest BCUT2D eigenvalue weighted by Gasteiger charge is 2.09. The first kappa shape index (κ1) is 14.0. The highest BCUT2D eigenvalue weighted by molar-refractivity contribution is 5.88. The van der Waals surface area contributed by atoms with E-state index >= 15 is 0 Å². The Labute approximate surface area is 117 Å². The van der Waals surface area contributed by atoms with Gasteiger partial charge in [-0.25, -0.2) is 14.8 Å². The van der Waals surface area contributed by atoms with Gasteiger partial charge >= 0.3 is 5.97 Å². The third-order valence-electron chi connectivity index (χ3n) is 3.07. The quantitative estimate of drug-likeness (QED) is 0.893. The van der Waals surface area contributed by atoms with Crippen molar-refractivity contribution in [2.75, 3.05) is 5.32 Å². The molecule has 1 aromatic carbocycles. The van der Waals surface area contributed by atoms with Crippen molar-refractivity contribution >= 4 is 17.5 Å². The molecule has 1 aromatic heterocycles. The molecule has 104 valence electrons. The Balaban J connectivity index is 2.32. The zero-order valence-corrected chi connectivity index (χ0v) is 11.8. The highest BCUT2D eigenvalue weighted by atomic mass is 16.4. The molecule has 0 fully saturated rings. The molecule has 0 radical (unpaired) electrons. The summed E-state index contributed by atoms with van der Waals surface area (Å²) < 4.78 is 0. The Bertz CT molecular complexity index is 636. The molecule has 2 N–H and O–H groups in total. The van der Waals surface area contributed by atoms with Gasteiger partial charge in [-0.15, -0.1) is 0 Å². The van der Waals surface area contributed by atoms with Crippen LogP contribution in [0.2, 0.25) is 0 Å². The summed E-state index contributed by atoms with van der Waals surface area (Å²) in [6, 6.07) is 6.60. The molecular formula is C15H17N3O2. The molecule has 2 aromatic rings. The van der Waals surface area contributed by atoms with E-state index in [9.17, 15) is 4.79 Å². The van der Waals surface area contributed by atoms with E-state index in [1.807, 2.05) is 13.8 Å². The maximum atomic E-state index is 10.8. The lowest BCUT2D eigenvalue weighted by Crippen LogP contribution is -2.05. The molecule has 20 heavy (non-hydrogen) atoms. The maximum absolute atomic E-state index is 10.8. The molecule has 0 amide bonds. The van der Waals surface area contributed by atoms with Crippen molar-refractivity contribution in [1.82, 2.24) is 9.97 Å². The normalized spacial score (nSPS) is 10.3. The molecule has 0 saturated carbocycles. The molecular weight excluding hydrogens is 254 g/mol. The van der Waals surface area contributed by atoms with Crippen LogP contribution in [-0.2, 0) is 6.42 Å². The zero-order chi connectivity index (χ0) is 14.7. The van der Waals surface area contributed by atoms with Crippen LogP contribution in [0.4, 0.5) is 11.5 Å². The number of aryl methyl sites for hydroxylation is 2. The Morgan fingerprint density at radius 3 is 2.40 bits per heavy atom. The third kappa shape index (κ3) is 2.93. The fourth-order valence-electron chi connectivity index (χ4n) is 2.10. The number of benzene rings is 1. The van der Waals surface area contributed by atoms with Crippen molar-refractivity contribution in [2.45, 2.75) is 27.2 Å². The van der Waals surface area contributed by atoms with Crippen molar-refractivity contribution in [3.8, 4) is 0 Å². The van der Waals surface area contributed by atoms with E-state index in [1.165, 1.54) is 0 Å². The highest BCUT2D eigenvalue weighted by Crippen LogP contribution is 2.22. The molecule has 0 spiro atoms. The van der Waals surface area contributed by atoms with Crippen LogP contribution in [0.3, 0.4) is 0 Å². The minimum absolute atomic E-state index is 0.265. The topological polar surface area (TPSA) is 75.1 Å². The van der Waals surface area contributed by atoms with Crippen LogP contribution in [0.25, 0.3) is 0 Å². The number of rotatable bonds is 4. The summed E-state index contributed by atoms with van der Waals surface area (Å²) in [4.78, 5) is 19.6. The largest absolute Gasteiger partial charge is 0.478 e. The molecule has 0 bridgehead atoms. The summed E-state index contributed by atoms with van der Waals surface area (Å²) in [7, 11) is 0. The second kappa shape index (κ2) is 5.69. The number of nitrogens with one attached hydrogen (secondary N) is 1. The number of hydrogen-bond acceptors (Lipinski definition) is 4. The first-order valence-electron chi connectivity index (χ1n) is 6.45. The minimum Gasteiger partial charge on any atom is -0.478 e. The van der Waals surface area contributed by atoms with Crippen LogP contribution in [0, 0.1) is 13.8 Å².